The van der Waals surface area contributed by atoms with Crippen LogP contribution in [0.5, 0.6) is 5.75 Å². The summed E-state index contributed by atoms with van der Waals surface area (Å²) in [7, 11) is 0. The first-order valence-electron chi connectivity index (χ1n) is 5.83. The Balaban J connectivity index is 0.00000133. The second kappa shape index (κ2) is 4.73. The van der Waals surface area contributed by atoms with Gasteiger partial charge in [-0.05, 0) is 23.8 Å². The summed E-state index contributed by atoms with van der Waals surface area (Å²) >= 11 is 0. The minimum absolute atomic E-state index is 0. The summed E-state index contributed by atoms with van der Waals surface area (Å²) in [5.74, 6) is 0.153. The van der Waals surface area contributed by atoms with Crippen LogP contribution in [0, 0.1) is 0 Å². The fourth-order valence-electron chi connectivity index (χ4n) is 2.39. The predicted molar refractivity (Wildman–Crippen MR) is 79.9 cm³/mol. The van der Waals surface area contributed by atoms with Gasteiger partial charge in [0, 0.05) is 16.3 Å². The number of carbonyl (C=O) groups is 1. The Labute approximate surface area is 112 Å². The van der Waals surface area contributed by atoms with E-state index in [9.17, 15) is 9.90 Å². The summed E-state index contributed by atoms with van der Waals surface area (Å²) in [6, 6.07) is 15.1. The maximum atomic E-state index is 11.6. The minimum Gasteiger partial charge on any atom is -0.507 e. The van der Waals surface area contributed by atoms with Crippen LogP contribution in [0.1, 0.15) is 24.7 Å². The quantitative estimate of drug-likeness (QED) is 0.510. The molecule has 0 aliphatic carbocycles. The summed E-state index contributed by atoms with van der Waals surface area (Å²) < 4.78 is 0. The molecule has 0 radical (unpaired) electrons. The first-order chi connectivity index (χ1) is 8.68. The van der Waals surface area contributed by atoms with E-state index in [0.717, 1.165) is 16.2 Å². The highest BCUT2D eigenvalue weighted by atomic mass is 16.3. The molecule has 1 N–H and O–H groups in total. The fraction of sp³-hybridized carbons (Fsp3) is 0.118. The van der Waals surface area contributed by atoms with Crippen molar-refractivity contribution in [2.75, 3.05) is 0 Å². The van der Waals surface area contributed by atoms with E-state index in [1.807, 2.05) is 42.5 Å². The highest BCUT2D eigenvalue weighted by Gasteiger charge is 2.12. The highest BCUT2D eigenvalue weighted by Crippen LogP contribution is 2.35. The molecule has 0 aliphatic heterocycles. The second-order valence-corrected chi connectivity index (χ2v) is 4.41. The molecule has 2 heteroatoms. The fourth-order valence-corrected chi connectivity index (χ4v) is 2.39. The molecule has 0 aliphatic rings. The van der Waals surface area contributed by atoms with Crippen LogP contribution >= 0.6 is 0 Å². The maximum absolute atomic E-state index is 11.6. The molecule has 0 bridgehead atoms. The van der Waals surface area contributed by atoms with Crippen LogP contribution in [0.25, 0.3) is 21.5 Å². The summed E-state index contributed by atoms with van der Waals surface area (Å²) in [4.78, 5) is 11.6. The Bertz CT molecular complexity index is 773. The van der Waals surface area contributed by atoms with Crippen LogP contribution in [0.4, 0.5) is 0 Å². The zero-order chi connectivity index (χ0) is 12.7. The number of phenolic OH excluding ortho intramolecular Hbond substituents is 1. The number of fused-ring (bicyclic) bond motifs is 2. The van der Waals surface area contributed by atoms with E-state index in [4.69, 9.17) is 0 Å². The SMILES string of the molecule is C.CC(=O)c1cccc2cc3ccccc3c(O)c12. The zero-order valence-electron chi connectivity index (χ0n) is 9.97. The van der Waals surface area contributed by atoms with Gasteiger partial charge in [0.05, 0.1) is 0 Å². The third-order valence-corrected chi connectivity index (χ3v) is 3.24. The van der Waals surface area contributed by atoms with Crippen molar-refractivity contribution in [2.45, 2.75) is 14.4 Å². The van der Waals surface area contributed by atoms with Crippen molar-refractivity contribution in [3.05, 3.63) is 54.1 Å². The van der Waals surface area contributed by atoms with Crippen molar-refractivity contribution >= 4 is 27.3 Å². The summed E-state index contributed by atoms with van der Waals surface area (Å²) in [6.45, 7) is 1.52. The van der Waals surface area contributed by atoms with Gasteiger partial charge in [-0.25, -0.2) is 0 Å². The number of ketones is 1. The van der Waals surface area contributed by atoms with Gasteiger partial charge in [0.15, 0.2) is 5.78 Å². The molecule has 3 rings (SSSR count). The number of carbonyl (C=O) groups excluding carboxylic acids is 1. The molecule has 3 aromatic carbocycles. The normalized spacial score (nSPS) is 10.4. The molecule has 0 atom stereocenters. The third-order valence-electron chi connectivity index (χ3n) is 3.24. The Hall–Kier alpha value is -2.35. The number of rotatable bonds is 1. The number of Topliss-reactive ketones (excluding diaryl/α,β-unsaturated/α-hetero) is 1. The van der Waals surface area contributed by atoms with Crippen LogP contribution < -0.4 is 0 Å². The van der Waals surface area contributed by atoms with Crippen LogP contribution in [-0.2, 0) is 0 Å². The molecule has 0 fully saturated rings. The van der Waals surface area contributed by atoms with Gasteiger partial charge in [-0.15, -0.1) is 0 Å². The Morgan fingerprint density at radius 1 is 1.00 bits per heavy atom. The number of phenols is 1. The monoisotopic (exact) mass is 252 g/mol. The van der Waals surface area contributed by atoms with Crippen molar-refractivity contribution in [1.29, 1.82) is 0 Å². The van der Waals surface area contributed by atoms with Crippen molar-refractivity contribution in [1.82, 2.24) is 0 Å². The molecule has 0 aromatic heterocycles. The minimum atomic E-state index is -0.0359. The lowest BCUT2D eigenvalue weighted by molar-refractivity contribution is 0.101. The van der Waals surface area contributed by atoms with Crippen molar-refractivity contribution < 1.29 is 9.90 Å². The lowest BCUT2D eigenvalue weighted by Crippen LogP contribution is -1.94. The largest absolute Gasteiger partial charge is 0.507 e. The molecule has 3 aromatic rings. The molecule has 2 nitrogen and oxygen atoms in total. The number of benzene rings is 3. The van der Waals surface area contributed by atoms with E-state index in [1.165, 1.54) is 6.92 Å². The standard InChI is InChI=1S/C16H12O2.CH4/c1-10(17)13-8-4-6-12-9-11-5-2-3-7-14(11)16(18)15(12)13;/h2-9,18H,1H3;1H4. The van der Waals surface area contributed by atoms with Gasteiger partial charge in [0.1, 0.15) is 5.75 Å². The van der Waals surface area contributed by atoms with Crippen LogP contribution in [0.2, 0.25) is 0 Å². The van der Waals surface area contributed by atoms with Gasteiger partial charge in [-0.1, -0.05) is 49.9 Å². The van der Waals surface area contributed by atoms with Crippen LogP contribution in [0.15, 0.2) is 48.5 Å². The molecule has 0 amide bonds. The van der Waals surface area contributed by atoms with Gasteiger partial charge in [0.2, 0.25) is 0 Å². The highest BCUT2D eigenvalue weighted by molar-refractivity contribution is 6.14. The molecule has 0 saturated heterocycles. The average molecular weight is 252 g/mol. The van der Waals surface area contributed by atoms with Gasteiger partial charge in [-0.3, -0.25) is 4.79 Å². The van der Waals surface area contributed by atoms with Crippen LogP contribution in [-0.4, -0.2) is 10.9 Å². The molecule has 0 unspecified atom stereocenters. The molecular formula is C17H16O2. The molecule has 0 heterocycles. The van der Waals surface area contributed by atoms with Crippen molar-refractivity contribution in [3.63, 3.8) is 0 Å². The lowest BCUT2D eigenvalue weighted by atomic mass is 9.97. The van der Waals surface area contributed by atoms with E-state index in [-0.39, 0.29) is 19.0 Å². The number of aromatic hydroxyl groups is 1. The summed E-state index contributed by atoms with van der Waals surface area (Å²) in [6.07, 6.45) is 0. The summed E-state index contributed by atoms with van der Waals surface area (Å²) in [5.41, 5.74) is 0.566. The maximum Gasteiger partial charge on any atom is 0.160 e. The van der Waals surface area contributed by atoms with Gasteiger partial charge in [0.25, 0.3) is 0 Å². The third kappa shape index (κ3) is 1.95. The van der Waals surface area contributed by atoms with Crippen LogP contribution in [0.3, 0.4) is 0 Å². The molecule has 0 saturated carbocycles. The predicted octanol–water partition coefficient (Wildman–Crippen LogP) is 4.54. The van der Waals surface area contributed by atoms with Crippen molar-refractivity contribution in [3.8, 4) is 5.75 Å². The zero-order valence-corrected chi connectivity index (χ0v) is 9.97. The van der Waals surface area contributed by atoms with Gasteiger partial charge < -0.3 is 5.11 Å². The van der Waals surface area contributed by atoms with Crippen molar-refractivity contribution in [2.24, 2.45) is 0 Å². The first kappa shape index (κ1) is 13.1. The van der Waals surface area contributed by atoms with E-state index in [1.54, 1.807) is 6.07 Å². The van der Waals surface area contributed by atoms with E-state index < -0.39 is 0 Å². The Morgan fingerprint density at radius 2 is 1.68 bits per heavy atom. The van der Waals surface area contributed by atoms with Gasteiger partial charge in [-0.2, -0.15) is 0 Å². The number of hydrogen-bond acceptors (Lipinski definition) is 2. The van der Waals surface area contributed by atoms with E-state index in [0.29, 0.717) is 10.9 Å². The topological polar surface area (TPSA) is 37.3 Å². The second-order valence-electron chi connectivity index (χ2n) is 4.41. The average Bonchev–Trinajstić information content (AvgIpc) is 2.38. The Morgan fingerprint density at radius 3 is 2.42 bits per heavy atom. The smallest absolute Gasteiger partial charge is 0.160 e. The molecule has 96 valence electrons. The van der Waals surface area contributed by atoms with E-state index >= 15 is 0 Å². The summed E-state index contributed by atoms with van der Waals surface area (Å²) in [5, 5.41) is 13.7. The lowest BCUT2D eigenvalue weighted by Gasteiger charge is -2.09. The number of hydrogen-bond donors (Lipinski definition) is 1. The van der Waals surface area contributed by atoms with Gasteiger partial charge >= 0.3 is 0 Å². The molecule has 0 spiro atoms. The molecule has 19 heavy (non-hydrogen) atoms. The first-order valence-corrected chi connectivity index (χ1v) is 5.83. The molecular weight excluding hydrogens is 236 g/mol. The van der Waals surface area contributed by atoms with E-state index in [2.05, 4.69) is 0 Å². The Kier molecular flexibility index (Phi) is 3.26.